The lowest BCUT2D eigenvalue weighted by molar-refractivity contribution is -0.116. The van der Waals surface area contributed by atoms with Crippen molar-refractivity contribution in [1.29, 1.82) is 0 Å². The molecule has 8 nitrogen and oxygen atoms in total. The van der Waals surface area contributed by atoms with Crippen LogP contribution in [0.1, 0.15) is 16.1 Å². The third-order valence-corrected chi connectivity index (χ3v) is 4.78. The van der Waals surface area contributed by atoms with E-state index >= 15 is 0 Å². The number of hydrogen-bond donors (Lipinski definition) is 1. The second kappa shape index (κ2) is 10.0. The molecule has 1 N–H and O–H groups in total. The van der Waals surface area contributed by atoms with Crippen LogP contribution >= 0.6 is 11.3 Å². The van der Waals surface area contributed by atoms with Crippen LogP contribution in [-0.2, 0) is 4.79 Å². The Bertz CT molecular complexity index is 800. The van der Waals surface area contributed by atoms with Crippen molar-refractivity contribution in [3.63, 3.8) is 0 Å². The summed E-state index contributed by atoms with van der Waals surface area (Å²) >= 11 is 1.35. The van der Waals surface area contributed by atoms with Crippen LogP contribution in [0.5, 0.6) is 11.5 Å². The molecule has 0 aliphatic heterocycles. The van der Waals surface area contributed by atoms with Gasteiger partial charge in [0, 0.05) is 30.1 Å². The van der Waals surface area contributed by atoms with Gasteiger partial charge in [-0.3, -0.25) is 9.59 Å². The summed E-state index contributed by atoms with van der Waals surface area (Å²) < 4.78 is 10.5. The van der Waals surface area contributed by atoms with E-state index in [9.17, 15) is 9.59 Å². The summed E-state index contributed by atoms with van der Waals surface area (Å²) in [7, 11) is 6.87. The molecule has 2 aromatic rings. The minimum atomic E-state index is -0.295. The fourth-order valence-electron chi connectivity index (χ4n) is 2.43. The number of amides is 2. The normalized spacial score (nSPS) is 10.6. The minimum Gasteiger partial charge on any atom is -0.497 e. The molecule has 1 aromatic heterocycles. The molecule has 152 valence electrons. The van der Waals surface area contributed by atoms with Gasteiger partial charge in [-0.15, -0.1) is 11.3 Å². The number of carbonyl (C=O) groups excluding carboxylic acids is 2. The van der Waals surface area contributed by atoms with Gasteiger partial charge in [-0.2, -0.15) is 0 Å². The number of rotatable bonds is 9. The Balaban J connectivity index is 2.18. The van der Waals surface area contributed by atoms with Gasteiger partial charge in [0.15, 0.2) is 5.13 Å². The molecule has 0 aliphatic rings. The van der Waals surface area contributed by atoms with Gasteiger partial charge in [-0.1, -0.05) is 0 Å². The van der Waals surface area contributed by atoms with Gasteiger partial charge < -0.3 is 24.6 Å². The predicted octanol–water partition coefficient (Wildman–Crippen LogP) is 2.11. The number of carbonyl (C=O) groups is 2. The largest absolute Gasteiger partial charge is 0.497 e. The van der Waals surface area contributed by atoms with Crippen molar-refractivity contribution < 1.29 is 19.1 Å². The lowest BCUT2D eigenvalue weighted by Gasteiger charge is -2.24. The van der Waals surface area contributed by atoms with Crippen LogP contribution in [0.2, 0.25) is 0 Å². The highest BCUT2D eigenvalue weighted by molar-refractivity contribution is 7.13. The van der Waals surface area contributed by atoms with Gasteiger partial charge in [0.1, 0.15) is 18.0 Å². The molecule has 1 aromatic carbocycles. The summed E-state index contributed by atoms with van der Waals surface area (Å²) in [4.78, 5) is 33.2. The average molecular weight is 407 g/mol. The van der Waals surface area contributed by atoms with Crippen LogP contribution in [-0.4, -0.2) is 74.5 Å². The van der Waals surface area contributed by atoms with Crippen LogP contribution in [0.15, 0.2) is 23.6 Å². The lowest BCUT2D eigenvalue weighted by atomic mass is 10.1. The molecule has 0 spiro atoms. The van der Waals surface area contributed by atoms with E-state index in [1.807, 2.05) is 31.3 Å². The monoisotopic (exact) mass is 406 g/mol. The summed E-state index contributed by atoms with van der Waals surface area (Å²) in [6.07, 6.45) is 0. The SMILES string of the molecule is COc1cc(OC)cc(C(=O)N(CCN(C)C)CC(=O)Nc2nc(C)cs2)c1. The summed E-state index contributed by atoms with van der Waals surface area (Å²) in [6, 6.07) is 4.96. The number of benzene rings is 1. The molecule has 2 rings (SSSR count). The Kier molecular flexibility index (Phi) is 7.77. The molecule has 0 atom stereocenters. The first-order valence-corrected chi connectivity index (χ1v) is 9.59. The van der Waals surface area contributed by atoms with Crippen LogP contribution in [0.4, 0.5) is 5.13 Å². The fraction of sp³-hybridized carbons (Fsp3) is 0.421. The zero-order valence-corrected chi connectivity index (χ0v) is 17.6. The predicted molar refractivity (Wildman–Crippen MR) is 109 cm³/mol. The van der Waals surface area contributed by atoms with Gasteiger partial charge in [-0.25, -0.2) is 4.98 Å². The summed E-state index contributed by atoms with van der Waals surface area (Å²) in [5.41, 5.74) is 1.23. The van der Waals surface area contributed by atoms with E-state index in [4.69, 9.17) is 9.47 Å². The van der Waals surface area contributed by atoms with E-state index in [2.05, 4.69) is 10.3 Å². The van der Waals surface area contributed by atoms with Gasteiger partial charge in [0.25, 0.3) is 5.91 Å². The topological polar surface area (TPSA) is 84.0 Å². The van der Waals surface area contributed by atoms with Crippen molar-refractivity contribution in [2.24, 2.45) is 0 Å². The minimum absolute atomic E-state index is 0.0785. The number of hydrogen-bond acceptors (Lipinski definition) is 7. The summed E-state index contributed by atoms with van der Waals surface area (Å²) in [5.74, 6) is 0.455. The Labute approximate surface area is 169 Å². The molecule has 28 heavy (non-hydrogen) atoms. The van der Waals surface area contributed by atoms with Crippen LogP contribution in [0.3, 0.4) is 0 Å². The van der Waals surface area contributed by atoms with Crippen LogP contribution < -0.4 is 14.8 Å². The second-order valence-electron chi connectivity index (χ2n) is 6.47. The first-order chi connectivity index (χ1) is 13.3. The van der Waals surface area contributed by atoms with E-state index in [1.165, 1.54) is 30.5 Å². The zero-order chi connectivity index (χ0) is 20.7. The zero-order valence-electron chi connectivity index (χ0n) is 16.8. The van der Waals surface area contributed by atoms with Crippen molar-refractivity contribution in [3.05, 3.63) is 34.8 Å². The van der Waals surface area contributed by atoms with Crippen molar-refractivity contribution >= 4 is 28.3 Å². The number of ether oxygens (including phenoxy) is 2. The maximum Gasteiger partial charge on any atom is 0.254 e. The van der Waals surface area contributed by atoms with Gasteiger partial charge in [0.2, 0.25) is 5.91 Å². The number of likely N-dealkylation sites (N-methyl/N-ethyl adjacent to an activating group) is 1. The highest BCUT2D eigenvalue weighted by Crippen LogP contribution is 2.23. The van der Waals surface area contributed by atoms with Crippen molar-refractivity contribution in [1.82, 2.24) is 14.8 Å². The first-order valence-electron chi connectivity index (χ1n) is 8.71. The van der Waals surface area contributed by atoms with Gasteiger partial charge in [-0.05, 0) is 33.2 Å². The number of aromatic nitrogens is 1. The van der Waals surface area contributed by atoms with E-state index in [0.717, 1.165) is 5.69 Å². The van der Waals surface area contributed by atoms with Crippen molar-refractivity contribution in [2.75, 3.05) is 53.3 Å². The number of nitrogens with one attached hydrogen (secondary N) is 1. The highest BCUT2D eigenvalue weighted by Gasteiger charge is 2.21. The van der Waals surface area contributed by atoms with E-state index in [0.29, 0.717) is 35.3 Å². The number of methoxy groups -OCH3 is 2. The molecular formula is C19H26N4O4S. The molecule has 0 bridgehead atoms. The summed E-state index contributed by atoms with van der Waals surface area (Å²) in [5, 5.41) is 5.12. The maximum absolute atomic E-state index is 13.1. The molecule has 0 fully saturated rings. The molecular weight excluding hydrogens is 380 g/mol. The molecule has 9 heteroatoms. The number of thiazole rings is 1. The molecule has 0 radical (unpaired) electrons. The Morgan fingerprint density at radius 1 is 1.11 bits per heavy atom. The lowest BCUT2D eigenvalue weighted by Crippen LogP contribution is -2.41. The second-order valence-corrected chi connectivity index (χ2v) is 7.33. The fourth-order valence-corrected chi connectivity index (χ4v) is 3.13. The standard InChI is InChI=1S/C19H26N4O4S/c1-13-12-28-19(20-13)21-17(24)11-23(7-6-22(2)3)18(25)14-8-15(26-4)10-16(9-14)27-5/h8-10,12H,6-7,11H2,1-5H3,(H,20,21,24). The van der Waals surface area contributed by atoms with Crippen LogP contribution in [0, 0.1) is 6.92 Å². The summed E-state index contributed by atoms with van der Waals surface area (Å²) in [6.45, 7) is 2.80. The van der Waals surface area contributed by atoms with E-state index in [1.54, 1.807) is 18.2 Å². The number of nitrogens with zero attached hydrogens (tertiary/aromatic N) is 3. The molecule has 2 amide bonds. The molecule has 0 saturated carbocycles. The molecule has 0 unspecified atom stereocenters. The molecule has 0 saturated heterocycles. The highest BCUT2D eigenvalue weighted by atomic mass is 32.1. The quantitative estimate of drug-likeness (QED) is 0.687. The smallest absolute Gasteiger partial charge is 0.254 e. The molecule has 1 heterocycles. The third kappa shape index (κ3) is 6.21. The Hall–Kier alpha value is -2.65. The first kappa shape index (κ1) is 21.6. The van der Waals surface area contributed by atoms with Gasteiger partial charge >= 0.3 is 0 Å². The number of aryl methyl sites for hydroxylation is 1. The average Bonchev–Trinajstić information content (AvgIpc) is 3.08. The third-order valence-electron chi connectivity index (χ3n) is 3.90. The van der Waals surface area contributed by atoms with Crippen molar-refractivity contribution in [2.45, 2.75) is 6.92 Å². The van der Waals surface area contributed by atoms with Gasteiger partial charge in [0.05, 0.1) is 19.9 Å². The molecule has 0 aliphatic carbocycles. The van der Waals surface area contributed by atoms with E-state index < -0.39 is 0 Å². The Morgan fingerprint density at radius 2 is 1.75 bits per heavy atom. The van der Waals surface area contributed by atoms with Crippen molar-refractivity contribution in [3.8, 4) is 11.5 Å². The van der Waals surface area contributed by atoms with Crippen LogP contribution in [0.25, 0.3) is 0 Å². The maximum atomic E-state index is 13.1. The Morgan fingerprint density at radius 3 is 2.25 bits per heavy atom. The number of anilines is 1. The van der Waals surface area contributed by atoms with E-state index in [-0.39, 0.29) is 18.4 Å².